The molecular weight excluding hydrogens is 262 g/mol. The number of carbonyl (C=O) groups excluding carboxylic acids is 1. The van der Waals surface area contributed by atoms with Gasteiger partial charge in [-0.3, -0.25) is 4.79 Å². The van der Waals surface area contributed by atoms with E-state index in [2.05, 4.69) is 34.3 Å². The summed E-state index contributed by atoms with van der Waals surface area (Å²) in [5.41, 5.74) is 5.42. The molecule has 0 bridgehead atoms. The zero-order chi connectivity index (χ0) is 13.8. The molecule has 0 aliphatic heterocycles. The fraction of sp³-hybridized carbons (Fsp3) is 0.750. The number of nitrogens with two attached hydrogens (primary N) is 1. The number of carbonyl (C=O) groups is 1. The third-order valence-electron chi connectivity index (χ3n) is 3.87. The van der Waals surface area contributed by atoms with Gasteiger partial charge in [0.2, 0.25) is 17.0 Å². The lowest BCUT2D eigenvalue weighted by Crippen LogP contribution is -2.44. The lowest BCUT2D eigenvalue weighted by Gasteiger charge is -2.34. The third-order valence-corrected chi connectivity index (χ3v) is 4.72. The second-order valence-corrected chi connectivity index (χ2v) is 6.18. The van der Waals surface area contributed by atoms with E-state index in [4.69, 9.17) is 5.73 Å². The summed E-state index contributed by atoms with van der Waals surface area (Å²) < 4.78 is 0. The summed E-state index contributed by atoms with van der Waals surface area (Å²) in [6, 6.07) is 0.300. The first-order chi connectivity index (χ1) is 9.06. The Bertz CT molecular complexity index is 436. The molecule has 1 amide bonds. The Kier molecular flexibility index (Phi) is 4.68. The second-order valence-electron chi connectivity index (χ2n) is 5.23. The molecule has 0 saturated heterocycles. The van der Waals surface area contributed by atoms with Crippen LogP contribution in [0.5, 0.6) is 0 Å². The highest BCUT2D eigenvalue weighted by Crippen LogP contribution is 2.29. The Morgan fingerprint density at radius 3 is 3.00 bits per heavy atom. The van der Waals surface area contributed by atoms with Gasteiger partial charge in [-0.2, -0.15) is 4.98 Å². The van der Waals surface area contributed by atoms with Gasteiger partial charge in [-0.25, -0.2) is 5.10 Å². The van der Waals surface area contributed by atoms with Gasteiger partial charge in [0.15, 0.2) is 0 Å². The van der Waals surface area contributed by atoms with E-state index in [1.54, 1.807) is 0 Å². The van der Waals surface area contributed by atoms with Crippen LogP contribution in [0.15, 0.2) is 5.16 Å². The number of rotatable bonds is 4. The van der Waals surface area contributed by atoms with Crippen LogP contribution in [0.1, 0.15) is 33.1 Å². The Balaban J connectivity index is 1.77. The number of aromatic amines is 1. The molecule has 0 aromatic carbocycles. The summed E-state index contributed by atoms with van der Waals surface area (Å²) in [5, 5.41) is 10.1. The number of anilines is 1. The number of nitrogens with zero attached hydrogens (tertiary/aromatic N) is 2. The summed E-state index contributed by atoms with van der Waals surface area (Å²) in [4.78, 5) is 15.9. The van der Waals surface area contributed by atoms with E-state index in [9.17, 15) is 4.79 Å². The van der Waals surface area contributed by atoms with Gasteiger partial charge >= 0.3 is 0 Å². The van der Waals surface area contributed by atoms with Gasteiger partial charge in [-0.1, -0.05) is 38.5 Å². The zero-order valence-corrected chi connectivity index (χ0v) is 12.2. The Morgan fingerprint density at radius 1 is 1.53 bits per heavy atom. The van der Waals surface area contributed by atoms with E-state index >= 15 is 0 Å². The van der Waals surface area contributed by atoms with Gasteiger partial charge in [0.25, 0.3) is 0 Å². The number of amides is 1. The number of nitrogens with one attached hydrogen (secondary N) is 2. The third kappa shape index (κ3) is 3.86. The lowest BCUT2D eigenvalue weighted by atomic mass is 9.78. The van der Waals surface area contributed by atoms with Gasteiger partial charge in [-0.15, -0.1) is 5.10 Å². The summed E-state index contributed by atoms with van der Waals surface area (Å²) in [7, 11) is 0. The van der Waals surface area contributed by atoms with Crippen LogP contribution < -0.4 is 11.1 Å². The summed E-state index contributed by atoms with van der Waals surface area (Å²) in [6.45, 7) is 4.48. The smallest absolute Gasteiger partial charge is 0.230 e. The highest BCUT2D eigenvalue weighted by molar-refractivity contribution is 7.99. The molecule has 0 unspecified atom stereocenters. The fourth-order valence-electron chi connectivity index (χ4n) is 2.49. The van der Waals surface area contributed by atoms with Crippen LogP contribution in [0.3, 0.4) is 0 Å². The lowest BCUT2D eigenvalue weighted by molar-refractivity contribution is -0.120. The number of nitrogen functional groups attached to an aromatic ring is 1. The van der Waals surface area contributed by atoms with Crippen molar-refractivity contribution in [3.8, 4) is 0 Å². The molecule has 1 saturated carbocycles. The van der Waals surface area contributed by atoms with Gasteiger partial charge < -0.3 is 11.1 Å². The predicted octanol–water partition coefficient (Wildman–Crippen LogP) is 1.42. The number of H-pyrrole nitrogens is 1. The Labute approximate surface area is 117 Å². The first-order valence-electron chi connectivity index (χ1n) is 6.66. The molecule has 7 heteroatoms. The topological polar surface area (TPSA) is 96.7 Å². The molecule has 1 aromatic rings. The van der Waals surface area contributed by atoms with Crippen molar-refractivity contribution >= 4 is 23.6 Å². The standard InChI is InChI=1S/C12H21N5OS/c1-7-4-3-5-9(8(7)2)14-10(18)6-19-12-15-11(13)16-17-12/h7-9H,3-6H2,1-2H3,(H,14,18)(H3,13,15,16,17)/t7-,8+,9+/m0/s1. The molecule has 1 heterocycles. The van der Waals surface area contributed by atoms with Gasteiger partial charge in [-0.05, 0) is 18.3 Å². The van der Waals surface area contributed by atoms with Crippen molar-refractivity contribution < 1.29 is 4.79 Å². The highest BCUT2D eigenvalue weighted by atomic mass is 32.2. The average Bonchev–Trinajstić information content (AvgIpc) is 2.78. The van der Waals surface area contributed by atoms with Gasteiger partial charge in [0.1, 0.15) is 0 Å². The minimum Gasteiger partial charge on any atom is -0.368 e. The van der Waals surface area contributed by atoms with Crippen LogP contribution in [0.25, 0.3) is 0 Å². The number of hydrogen-bond donors (Lipinski definition) is 3. The van der Waals surface area contributed by atoms with E-state index in [1.807, 2.05) is 0 Å². The quantitative estimate of drug-likeness (QED) is 0.726. The summed E-state index contributed by atoms with van der Waals surface area (Å²) in [5.74, 6) is 1.87. The molecule has 2 rings (SSSR count). The van der Waals surface area contributed by atoms with E-state index in [0.717, 1.165) is 6.42 Å². The molecule has 3 atom stereocenters. The molecule has 6 nitrogen and oxygen atoms in total. The maximum absolute atomic E-state index is 11.9. The van der Waals surface area contributed by atoms with Crippen molar-refractivity contribution in [2.75, 3.05) is 11.5 Å². The molecule has 4 N–H and O–H groups in total. The van der Waals surface area contributed by atoms with Crippen LogP contribution in [0, 0.1) is 11.8 Å². The minimum atomic E-state index is 0.0410. The van der Waals surface area contributed by atoms with Crippen molar-refractivity contribution in [1.29, 1.82) is 0 Å². The van der Waals surface area contributed by atoms with Crippen LogP contribution in [-0.4, -0.2) is 32.9 Å². The zero-order valence-electron chi connectivity index (χ0n) is 11.3. The maximum Gasteiger partial charge on any atom is 0.230 e. The largest absolute Gasteiger partial charge is 0.368 e. The van der Waals surface area contributed by atoms with E-state index in [-0.39, 0.29) is 11.9 Å². The van der Waals surface area contributed by atoms with E-state index < -0.39 is 0 Å². The maximum atomic E-state index is 11.9. The van der Waals surface area contributed by atoms with Crippen LogP contribution in [-0.2, 0) is 4.79 Å². The van der Waals surface area contributed by atoms with Gasteiger partial charge in [0, 0.05) is 6.04 Å². The Morgan fingerprint density at radius 2 is 2.32 bits per heavy atom. The highest BCUT2D eigenvalue weighted by Gasteiger charge is 2.28. The Hall–Kier alpha value is -1.24. The van der Waals surface area contributed by atoms with Crippen LogP contribution in [0.4, 0.5) is 5.95 Å². The predicted molar refractivity (Wildman–Crippen MR) is 75.6 cm³/mol. The van der Waals surface area contributed by atoms with Gasteiger partial charge in [0.05, 0.1) is 5.75 Å². The van der Waals surface area contributed by atoms with Crippen molar-refractivity contribution in [2.45, 2.75) is 44.3 Å². The van der Waals surface area contributed by atoms with E-state index in [0.29, 0.717) is 28.8 Å². The SMILES string of the molecule is C[C@@H]1[C@@H](C)CCC[C@H]1NC(=O)CSc1n[nH]c(N)n1. The average molecular weight is 283 g/mol. The van der Waals surface area contributed by atoms with Crippen LogP contribution >= 0.6 is 11.8 Å². The summed E-state index contributed by atoms with van der Waals surface area (Å²) in [6.07, 6.45) is 3.54. The monoisotopic (exact) mass is 283 g/mol. The molecular formula is C12H21N5OS. The first-order valence-corrected chi connectivity index (χ1v) is 7.65. The first kappa shape index (κ1) is 14.2. The second kappa shape index (κ2) is 6.27. The fourth-order valence-corrected chi connectivity index (χ4v) is 3.10. The molecule has 106 valence electrons. The normalized spacial score (nSPS) is 27.2. The molecule has 0 radical (unpaired) electrons. The van der Waals surface area contributed by atoms with Crippen molar-refractivity contribution in [3.63, 3.8) is 0 Å². The molecule has 1 aliphatic rings. The number of aromatic nitrogens is 3. The molecule has 1 aliphatic carbocycles. The summed E-state index contributed by atoms with van der Waals surface area (Å²) >= 11 is 1.29. The van der Waals surface area contributed by atoms with Crippen molar-refractivity contribution in [1.82, 2.24) is 20.5 Å². The number of hydrogen-bond acceptors (Lipinski definition) is 5. The molecule has 0 spiro atoms. The van der Waals surface area contributed by atoms with E-state index in [1.165, 1.54) is 24.6 Å². The van der Waals surface area contributed by atoms with Crippen molar-refractivity contribution in [3.05, 3.63) is 0 Å². The number of thioether (sulfide) groups is 1. The minimum absolute atomic E-state index is 0.0410. The molecule has 19 heavy (non-hydrogen) atoms. The van der Waals surface area contributed by atoms with Crippen LogP contribution in [0.2, 0.25) is 0 Å². The molecule has 1 fully saturated rings. The van der Waals surface area contributed by atoms with Crippen molar-refractivity contribution in [2.24, 2.45) is 11.8 Å². The molecule has 1 aromatic heterocycles.